The molecule has 2 aromatic heterocycles. The van der Waals surface area contributed by atoms with Gasteiger partial charge >= 0.3 is 0 Å². The van der Waals surface area contributed by atoms with E-state index in [0.717, 1.165) is 24.1 Å². The maximum absolute atomic E-state index is 12.2. The molecule has 0 aliphatic heterocycles. The minimum Gasteiger partial charge on any atom is -0.321 e. The number of carbonyl (C=O) groups excluding carboxylic acids is 1. The van der Waals surface area contributed by atoms with Crippen LogP contribution in [0.2, 0.25) is 5.02 Å². The maximum Gasteiger partial charge on any atom is 0.227 e. The standard InChI is InChI=1S/C21H19ClN6O/c1-13(9-23)8-19(29)14-2-4-15(5-3-14)20-18(22)11-24-21(27-20)26-16-10-25-28(12-16)17-6-7-17/h2-5,10-13,17H,6-8H2,1H3,(H,24,26,27)/t13-/m1/s1. The van der Waals surface area contributed by atoms with Gasteiger partial charge in [-0.25, -0.2) is 9.97 Å². The molecule has 0 spiro atoms. The molecule has 1 aliphatic carbocycles. The fourth-order valence-electron chi connectivity index (χ4n) is 2.96. The van der Waals surface area contributed by atoms with Crippen molar-refractivity contribution in [3.8, 4) is 17.3 Å². The lowest BCUT2D eigenvalue weighted by atomic mass is 9.99. The lowest BCUT2D eigenvalue weighted by Crippen LogP contribution is -2.04. The minimum atomic E-state index is -0.309. The minimum absolute atomic E-state index is 0.0607. The van der Waals surface area contributed by atoms with Crippen LogP contribution >= 0.6 is 11.6 Å². The van der Waals surface area contributed by atoms with Gasteiger partial charge in [-0.2, -0.15) is 10.4 Å². The number of nitriles is 1. The summed E-state index contributed by atoms with van der Waals surface area (Å²) >= 11 is 6.31. The van der Waals surface area contributed by atoms with Gasteiger partial charge in [0.05, 0.1) is 46.8 Å². The molecule has 0 amide bonds. The molecule has 1 aliphatic rings. The molecule has 146 valence electrons. The Morgan fingerprint density at radius 1 is 1.34 bits per heavy atom. The first-order chi connectivity index (χ1) is 14.0. The van der Waals surface area contributed by atoms with Crippen molar-refractivity contribution < 1.29 is 4.79 Å². The molecule has 0 unspecified atom stereocenters. The molecule has 1 aromatic carbocycles. The molecule has 4 rings (SSSR count). The molecule has 8 heteroatoms. The normalized spacial score (nSPS) is 14.2. The van der Waals surface area contributed by atoms with Crippen molar-refractivity contribution in [2.75, 3.05) is 5.32 Å². The summed E-state index contributed by atoms with van der Waals surface area (Å²) in [7, 11) is 0. The average molecular weight is 407 g/mol. The molecule has 1 atom stereocenters. The van der Waals surface area contributed by atoms with E-state index in [1.807, 2.05) is 10.9 Å². The molecular formula is C21H19ClN6O. The van der Waals surface area contributed by atoms with Gasteiger partial charge in [0.25, 0.3) is 0 Å². The van der Waals surface area contributed by atoms with Crippen LogP contribution in [-0.4, -0.2) is 25.5 Å². The van der Waals surface area contributed by atoms with Crippen LogP contribution in [0.5, 0.6) is 0 Å². The first-order valence-corrected chi connectivity index (χ1v) is 9.78. The molecule has 7 nitrogen and oxygen atoms in total. The first kappa shape index (κ1) is 19.1. The van der Waals surface area contributed by atoms with Crippen LogP contribution in [-0.2, 0) is 0 Å². The first-order valence-electron chi connectivity index (χ1n) is 9.40. The van der Waals surface area contributed by atoms with Crippen LogP contribution in [0, 0.1) is 17.2 Å². The number of anilines is 2. The Hall–Kier alpha value is -3.24. The summed E-state index contributed by atoms with van der Waals surface area (Å²) in [5.41, 5.74) is 2.73. The van der Waals surface area contributed by atoms with Crippen LogP contribution in [0.4, 0.5) is 11.6 Å². The molecule has 0 bridgehead atoms. The zero-order valence-corrected chi connectivity index (χ0v) is 16.6. The zero-order chi connectivity index (χ0) is 20.4. The van der Waals surface area contributed by atoms with Gasteiger partial charge in [0.1, 0.15) is 0 Å². The second-order valence-corrected chi connectivity index (χ2v) is 7.60. The van der Waals surface area contributed by atoms with Crippen LogP contribution in [0.25, 0.3) is 11.3 Å². The second kappa shape index (κ2) is 8.02. The van der Waals surface area contributed by atoms with Gasteiger partial charge in [0, 0.05) is 23.7 Å². The highest BCUT2D eigenvalue weighted by Gasteiger charge is 2.24. The lowest BCUT2D eigenvalue weighted by Gasteiger charge is -2.08. The third kappa shape index (κ3) is 4.44. The quantitative estimate of drug-likeness (QED) is 0.566. The lowest BCUT2D eigenvalue weighted by molar-refractivity contribution is 0.0973. The molecule has 1 saturated carbocycles. The van der Waals surface area contributed by atoms with Gasteiger partial charge in [0.15, 0.2) is 5.78 Å². The fraction of sp³-hybridized carbons (Fsp3) is 0.286. The molecule has 29 heavy (non-hydrogen) atoms. The number of nitrogens with zero attached hydrogens (tertiary/aromatic N) is 5. The van der Waals surface area contributed by atoms with Crippen LogP contribution < -0.4 is 5.32 Å². The Balaban J connectivity index is 1.52. The third-order valence-electron chi connectivity index (χ3n) is 4.72. The summed E-state index contributed by atoms with van der Waals surface area (Å²) in [6.45, 7) is 1.73. The van der Waals surface area contributed by atoms with E-state index >= 15 is 0 Å². The second-order valence-electron chi connectivity index (χ2n) is 7.19. The Labute approximate surface area is 173 Å². The predicted octanol–water partition coefficient (Wildman–Crippen LogP) is 4.80. The monoisotopic (exact) mass is 406 g/mol. The van der Waals surface area contributed by atoms with Gasteiger partial charge in [-0.3, -0.25) is 9.48 Å². The number of Topliss-reactive ketones (excluding diaryl/α,β-unsaturated/α-hetero) is 1. The van der Waals surface area contributed by atoms with Crippen molar-refractivity contribution in [1.29, 1.82) is 5.26 Å². The van der Waals surface area contributed by atoms with E-state index in [1.54, 1.807) is 43.6 Å². The topological polar surface area (TPSA) is 96.5 Å². The highest BCUT2D eigenvalue weighted by atomic mass is 35.5. The summed E-state index contributed by atoms with van der Waals surface area (Å²) in [4.78, 5) is 21.0. The smallest absolute Gasteiger partial charge is 0.227 e. The van der Waals surface area contributed by atoms with Gasteiger partial charge in [0.2, 0.25) is 5.95 Å². The molecule has 0 saturated heterocycles. The number of rotatable bonds is 7. The number of halogens is 1. The number of benzene rings is 1. The maximum atomic E-state index is 12.2. The molecule has 0 radical (unpaired) electrons. The van der Waals surface area contributed by atoms with E-state index in [0.29, 0.717) is 28.3 Å². The van der Waals surface area contributed by atoms with E-state index in [2.05, 4.69) is 26.5 Å². The van der Waals surface area contributed by atoms with E-state index < -0.39 is 0 Å². The van der Waals surface area contributed by atoms with E-state index in [-0.39, 0.29) is 18.1 Å². The SMILES string of the molecule is C[C@@H](C#N)CC(=O)c1ccc(-c2nc(Nc3cnn(C4CC4)c3)ncc2Cl)cc1. The largest absolute Gasteiger partial charge is 0.321 e. The van der Waals surface area contributed by atoms with Crippen molar-refractivity contribution in [1.82, 2.24) is 19.7 Å². The van der Waals surface area contributed by atoms with Crippen molar-refractivity contribution in [2.45, 2.75) is 32.2 Å². The predicted molar refractivity (Wildman–Crippen MR) is 110 cm³/mol. The summed E-state index contributed by atoms with van der Waals surface area (Å²) in [6, 6.07) is 9.64. The average Bonchev–Trinajstić information content (AvgIpc) is 3.48. The summed E-state index contributed by atoms with van der Waals surface area (Å²) in [5.74, 6) is 0.0496. The van der Waals surface area contributed by atoms with Crippen LogP contribution in [0.1, 0.15) is 42.6 Å². The molecule has 1 fully saturated rings. The zero-order valence-electron chi connectivity index (χ0n) is 15.8. The summed E-state index contributed by atoms with van der Waals surface area (Å²) in [6.07, 6.45) is 7.77. The number of aromatic nitrogens is 4. The van der Waals surface area contributed by atoms with Gasteiger partial charge < -0.3 is 5.32 Å². The molecule has 1 N–H and O–H groups in total. The number of ketones is 1. The molecule has 2 heterocycles. The van der Waals surface area contributed by atoms with Crippen LogP contribution in [0.15, 0.2) is 42.9 Å². The Kier molecular flexibility index (Phi) is 5.28. The number of nitrogens with one attached hydrogen (secondary N) is 1. The number of carbonyl (C=O) groups is 1. The molecule has 3 aromatic rings. The third-order valence-corrected chi connectivity index (χ3v) is 4.99. The van der Waals surface area contributed by atoms with Crippen molar-refractivity contribution in [3.63, 3.8) is 0 Å². The number of hydrogen-bond acceptors (Lipinski definition) is 6. The van der Waals surface area contributed by atoms with Crippen LogP contribution in [0.3, 0.4) is 0 Å². The van der Waals surface area contributed by atoms with E-state index in [1.165, 1.54) is 0 Å². The van der Waals surface area contributed by atoms with Crippen molar-refractivity contribution in [2.24, 2.45) is 5.92 Å². The van der Waals surface area contributed by atoms with Crippen molar-refractivity contribution >= 4 is 29.0 Å². The Morgan fingerprint density at radius 3 is 2.79 bits per heavy atom. The van der Waals surface area contributed by atoms with Gasteiger partial charge in [-0.15, -0.1) is 0 Å². The van der Waals surface area contributed by atoms with E-state index in [4.69, 9.17) is 16.9 Å². The molecular weight excluding hydrogens is 388 g/mol. The summed E-state index contributed by atoms with van der Waals surface area (Å²) < 4.78 is 1.95. The fourth-order valence-corrected chi connectivity index (χ4v) is 3.16. The number of hydrogen-bond donors (Lipinski definition) is 1. The van der Waals surface area contributed by atoms with Gasteiger partial charge in [-0.1, -0.05) is 35.9 Å². The summed E-state index contributed by atoms with van der Waals surface area (Å²) in [5, 5.41) is 16.8. The van der Waals surface area contributed by atoms with Crippen molar-refractivity contribution in [3.05, 3.63) is 53.4 Å². The Morgan fingerprint density at radius 2 is 2.10 bits per heavy atom. The Bertz CT molecular complexity index is 1080. The highest BCUT2D eigenvalue weighted by molar-refractivity contribution is 6.32. The van der Waals surface area contributed by atoms with E-state index in [9.17, 15) is 4.79 Å². The van der Waals surface area contributed by atoms with Gasteiger partial charge in [-0.05, 0) is 19.8 Å². The highest BCUT2D eigenvalue weighted by Crippen LogP contribution is 2.35.